The Hall–Kier alpha value is -1.08. The minimum Gasteiger partial charge on any atom is -0.0839 e. The zero-order valence-electron chi connectivity index (χ0n) is 10.1. The standard InChI is InChI=1S/C16H17Br/c1-2-6-16(17)15-11-9-14(10-12-15)13-7-4-3-5-8-13/h3-5,7-12,16H,2,6H2,1H3. The molecule has 0 bridgehead atoms. The van der Waals surface area contributed by atoms with Gasteiger partial charge in [0.05, 0.1) is 0 Å². The molecule has 17 heavy (non-hydrogen) atoms. The van der Waals surface area contributed by atoms with Gasteiger partial charge in [0.1, 0.15) is 0 Å². The molecule has 0 N–H and O–H groups in total. The van der Waals surface area contributed by atoms with Crippen molar-refractivity contribution in [2.45, 2.75) is 24.6 Å². The summed E-state index contributed by atoms with van der Waals surface area (Å²) in [5, 5.41) is 0. The van der Waals surface area contributed by atoms with E-state index in [1.54, 1.807) is 0 Å². The molecule has 0 aliphatic carbocycles. The van der Waals surface area contributed by atoms with Crippen LogP contribution in [0.4, 0.5) is 0 Å². The fourth-order valence-corrected chi connectivity index (χ4v) is 2.70. The highest BCUT2D eigenvalue weighted by Gasteiger charge is 2.05. The molecular weight excluding hydrogens is 272 g/mol. The molecule has 0 nitrogen and oxygen atoms in total. The second-order valence-corrected chi connectivity index (χ2v) is 5.35. The summed E-state index contributed by atoms with van der Waals surface area (Å²) in [5.41, 5.74) is 3.93. The Bertz CT molecular complexity index is 445. The molecule has 0 heterocycles. The van der Waals surface area contributed by atoms with Gasteiger partial charge in [-0.2, -0.15) is 0 Å². The summed E-state index contributed by atoms with van der Waals surface area (Å²) in [6, 6.07) is 19.3. The van der Waals surface area contributed by atoms with Crippen LogP contribution < -0.4 is 0 Å². The molecule has 0 aromatic heterocycles. The number of hydrogen-bond acceptors (Lipinski definition) is 0. The molecule has 0 radical (unpaired) electrons. The first kappa shape index (κ1) is 12.4. The first-order chi connectivity index (χ1) is 8.31. The van der Waals surface area contributed by atoms with E-state index >= 15 is 0 Å². The van der Waals surface area contributed by atoms with E-state index in [1.165, 1.54) is 29.5 Å². The van der Waals surface area contributed by atoms with Crippen LogP contribution in [0.2, 0.25) is 0 Å². The van der Waals surface area contributed by atoms with E-state index in [1.807, 2.05) is 6.07 Å². The Kier molecular flexibility index (Phi) is 4.38. The molecule has 2 aromatic carbocycles. The number of alkyl halides is 1. The quantitative estimate of drug-likeness (QED) is 0.644. The van der Waals surface area contributed by atoms with Crippen LogP contribution in [-0.2, 0) is 0 Å². The van der Waals surface area contributed by atoms with E-state index in [2.05, 4.69) is 71.4 Å². The number of hydrogen-bond donors (Lipinski definition) is 0. The van der Waals surface area contributed by atoms with Crippen LogP contribution in [-0.4, -0.2) is 0 Å². The van der Waals surface area contributed by atoms with Gasteiger partial charge in [0, 0.05) is 4.83 Å². The van der Waals surface area contributed by atoms with Crippen molar-refractivity contribution >= 4 is 15.9 Å². The second-order valence-electron chi connectivity index (χ2n) is 4.24. The van der Waals surface area contributed by atoms with Crippen molar-refractivity contribution in [3.63, 3.8) is 0 Å². The zero-order chi connectivity index (χ0) is 12.1. The molecule has 2 aromatic rings. The number of rotatable bonds is 4. The van der Waals surface area contributed by atoms with Gasteiger partial charge in [0.2, 0.25) is 0 Å². The third-order valence-corrected chi connectivity index (χ3v) is 3.91. The summed E-state index contributed by atoms with van der Waals surface area (Å²) in [6.45, 7) is 2.21. The van der Waals surface area contributed by atoms with Crippen molar-refractivity contribution in [1.82, 2.24) is 0 Å². The van der Waals surface area contributed by atoms with Crippen molar-refractivity contribution < 1.29 is 0 Å². The first-order valence-corrected chi connectivity index (χ1v) is 7.02. The maximum absolute atomic E-state index is 3.73. The molecule has 0 aliphatic rings. The topological polar surface area (TPSA) is 0 Å². The zero-order valence-corrected chi connectivity index (χ0v) is 11.7. The van der Waals surface area contributed by atoms with Crippen LogP contribution in [0.3, 0.4) is 0 Å². The summed E-state index contributed by atoms with van der Waals surface area (Å²) in [4.78, 5) is 0.484. The van der Waals surface area contributed by atoms with Crippen molar-refractivity contribution in [3.8, 4) is 11.1 Å². The van der Waals surface area contributed by atoms with E-state index < -0.39 is 0 Å². The van der Waals surface area contributed by atoms with Gasteiger partial charge in [-0.3, -0.25) is 0 Å². The normalized spacial score (nSPS) is 12.4. The Morgan fingerprint density at radius 3 is 2.06 bits per heavy atom. The monoisotopic (exact) mass is 288 g/mol. The molecule has 2 rings (SSSR count). The number of benzene rings is 2. The molecule has 0 spiro atoms. The highest BCUT2D eigenvalue weighted by atomic mass is 79.9. The molecule has 0 saturated heterocycles. The smallest absolute Gasteiger partial charge is 0.0395 e. The lowest BCUT2D eigenvalue weighted by molar-refractivity contribution is 0.788. The Morgan fingerprint density at radius 2 is 1.47 bits per heavy atom. The third-order valence-electron chi connectivity index (χ3n) is 2.92. The third kappa shape index (κ3) is 3.19. The van der Waals surface area contributed by atoms with E-state index in [-0.39, 0.29) is 0 Å². The fourth-order valence-electron chi connectivity index (χ4n) is 1.94. The van der Waals surface area contributed by atoms with Gasteiger partial charge in [-0.15, -0.1) is 0 Å². The second kappa shape index (κ2) is 6.02. The molecule has 88 valence electrons. The van der Waals surface area contributed by atoms with Gasteiger partial charge >= 0.3 is 0 Å². The highest BCUT2D eigenvalue weighted by Crippen LogP contribution is 2.29. The lowest BCUT2D eigenvalue weighted by atomic mass is 10.0. The van der Waals surface area contributed by atoms with Gasteiger partial charge in [-0.25, -0.2) is 0 Å². The molecular formula is C16H17Br. The van der Waals surface area contributed by atoms with Gasteiger partial charge < -0.3 is 0 Å². The predicted molar refractivity (Wildman–Crippen MR) is 78.5 cm³/mol. The van der Waals surface area contributed by atoms with Crippen LogP contribution in [0.25, 0.3) is 11.1 Å². The highest BCUT2D eigenvalue weighted by molar-refractivity contribution is 9.09. The fraction of sp³-hybridized carbons (Fsp3) is 0.250. The largest absolute Gasteiger partial charge is 0.0839 e. The molecule has 0 saturated carbocycles. The Morgan fingerprint density at radius 1 is 0.882 bits per heavy atom. The molecule has 0 amide bonds. The summed E-state index contributed by atoms with van der Waals surface area (Å²) in [5.74, 6) is 0. The van der Waals surface area contributed by atoms with Gasteiger partial charge in [0.25, 0.3) is 0 Å². The van der Waals surface area contributed by atoms with Crippen molar-refractivity contribution in [1.29, 1.82) is 0 Å². The Balaban J connectivity index is 2.19. The van der Waals surface area contributed by atoms with Crippen LogP contribution in [0.15, 0.2) is 54.6 Å². The van der Waals surface area contributed by atoms with Crippen molar-refractivity contribution in [2.24, 2.45) is 0 Å². The molecule has 0 fully saturated rings. The average Bonchev–Trinajstić information content (AvgIpc) is 2.40. The summed E-state index contributed by atoms with van der Waals surface area (Å²) in [6.07, 6.45) is 2.39. The van der Waals surface area contributed by atoms with Crippen molar-refractivity contribution in [3.05, 3.63) is 60.2 Å². The van der Waals surface area contributed by atoms with Crippen LogP contribution in [0.5, 0.6) is 0 Å². The molecule has 0 aliphatic heterocycles. The van der Waals surface area contributed by atoms with Gasteiger partial charge in [0.15, 0.2) is 0 Å². The predicted octanol–water partition coefficient (Wildman–Crippen LogP) is 5.59. The van der Waals surface area contributed by atoms with Crippen molar-refractivity contribution in [2.75, 3.05) is 0 Å². The van der Waals surface area contributed by atoms with Crippen LogP contribution in [0.1, 0.15) is 30.2 Å². The Labute approximate surface area is 112 Å². The summed E-state index contributed by atoms with van der Waals surface area (Å²) in [7, 11) is 0. The maximum Gasteiger partial charge on any atom is 0.0395 e. The lowest BCUT2D eigenvalue weighted by Crippen LogP contribution is -1.89. The van der Waals surface area contributed by atoms with Crippen LogP contribution >= 0.6 is 15.9 Å². The van der Waals surface area contributed by atoms with Crippen LogP contribution in [0, 0.1) is 0 Å². The minimum atomic E-state index is 0.484. The molecule has 1 heteroatoms. The minimum absolute atomic E-state index is 0.484. The molecule has 1 unspecified atom stereocenters. The maximum atomic E-state index is 3.73. The summed E-state index contributed by atoms with van der Waals surface area (Å²) < 4.78 is 0. The van der Waals surface area contributed by atoms with Gasteiger partial charge in [-0.1, -0.05) is 83.9 Å². The SMILES string of the molecule is CCCC(Br)c1ccc(-c2ccccc2)cc1. The molecule has 1 atom stereocenters. The van der Waals surface area contributed by atoms with E-state index in [4.69, 9.17) is 0 Å². The van der Waals surface area contributed by atoms with E-state index in [0.717, 1.165) is 0 Å². The summed E-state index contributed by atoms with van der Waals surface area (Å²) >= 11 is 3.73. The average molecular weight is 289 g/mol. The first-order valence-electron chi connectivity index (χ1n) is 6.10. The number of halogens is 1. The van der Waals surface area contributed by atoms with Gasteiger partial charge in [-0.05, 0) is 23.1 Å². The lowest BCUT2D eigenvalue weighted by Gasteiger charge is -2.09. The van der Waals surface area contributed by atoms with E-state index in [9.17, 15) is 0 Å². The van der Waals surface area contributed by atoms with E-state index in [0.29, 0.717) is 4.83 Å².